The van der Waals surface area contributed by atoms with Crippen molar-refractivity contribution in [1.82, 2.24) is 0 Å². The average molecular weight is 218 g/mol. The van der Waals surface area contributed by atoms with Gasteiger partial charge in [-0.2, -0.15) is 0 Å². The van der Waals surface area contributed by atoms with Crippen LogP contribution in [0.3, 0.4) is 0 Å². The highest BCUT2D eigenvalue weighted by Crippen LogP contribution is 2.46. The maximum Gasteiger partial charge on any atom is 0.119 e. The minimum atomic E-state index is -0.147. The summed E-state index contributed by atoms with van der Waals surface area (Å²) < 4.78 is 0. The highest BCUT2D eigenvalue weighted by atomic mass is 16.3. The largest absolute Gasteiger partial charge is 0.508 e. The van der Waals surface area contributed by atoms with Crippen LogP contribution in [-0.4, -0.2) is 16.3 Å². The molecule has 0 radical (unpaired) electrons. The number of phenols is 1. The molecule has 0 bridgehead atoms. The number of phenolic OH excluding ortho intramolecular Hbond substituents is 1. The van der Waals surface area contributed by atoms with Gasteiger partial charge < -0.3 is 10.2 Å². The molecule has 1 aromatic rings. The van der Waals surface area contributed by atoms with Crippen molar-refractivity contribution in [2.24, 2.45) is 17.8 Å². The van der Waals surface area contributed by atoms with Crippen molar-refractivity contribution in [2.45, 2.75) is 32.3 Å². The predicted molar refractivity (Wildman–Crippen MR) is 62.3 cm³/mol. The van der Waals surface area contributed by atoms with Crippen LogP contribution in [0.5, 0.6) is 5.75 Å². The molecule has 1 fully saturated rings. The van der Waals surface area contributed by atoms with Crippen LogP contribution in [0.25, 0.3) is 0 Å². The molecule has 0 heterocycles. The summed E-state index contributed by atoms with van der Waals surface area (Å²) in [7, 11) is 0. The summed E-state index contributed by atoms with van der Waals surface area (Å²) in [5, 5.41) is 19.8. The van der Waals surface area contributed by atoms with E-state index in [4.69, 9.17) is 0 Å². The Morgan fingerprint density at radius 3 is 2.88 bits per heavy atom. The maximum atomic E-state index is 9.91. The lowest BCUT2D eigenvalue weighted by Gasteiger charge is -2.30. The van der Waals surface area contributed by atoms with Crippen LogP contribution < -0.4 is 0 Å². The Morgan fingerprint density at radius 1 is 1.25 bits per heavy atom. The minimum absolute atomic E-state index is 0.147. The van der Waals surface area contributed by atoms with Crippen LogP contribution in [-0.2, 0) is 12.8 Å². The summed E-state index contributed by atoms with van der Waals surface area (Å²) in [5.74, 6) is 2.00. The number of aliphatic hydroxyl groups is 1. The Morgan fingerprint density at radius 2 is 2.06 bits per heavy atom. The zero-order chi connectivity index (χ0) is 11.3. The van der Waals surface area contributed by atoms with E-state index in [1.54, 1.807) is 6.07 Å². The van der Waals surface area contributed by atoms with E-state index in [1.165, 1.54) is 5.56 Å². The number of fused-ring (bicyclic) bond motifs is 2. The predicted octanol–water partition coefficient (Wildman–Crippen LogP) is 2.12. The van der Waals surface area contributed by atoms with Crippen LogP contribution in [0.2, 0.25) is 0 Å². The van der Waals surface area contributed by atoms with Crippen LogP contribution in [0.4, 0.5) is 0 Å². The van der Waals surface area contributed by atoms with E-state index in [2.05, 4.69) is 13.0 Å². The van der Waals surface area contributed by atoms with E-state index in [-0.39, 0.29) is 6.10 Å². The first kappa shape index (κ1) is 10.2. The Hall–Kier alpha value is -1.02. The quantitative estimate of drug-likeness (QED) is 0.700. The maximum absolute atomic E-state index is 9.91. The monoisotopic (exact) mass is 218 g/mol. The second-order valence-corrected chi connectivity index (χ2v) is 5.41. The number of hydrogen-bond donors (Lipinski definition) is 2. The molecule has 0 aliphatic heterocycles. The van der Waals surface area contributed by atoms with Gasteiger partial charge in [0.15, 0.2) is 0 Å². The zero-order valence-electron chi connectivity index (χ0n) is 9.56. The Balaban J connectivity index is 1.97. The second-order valence-electron chi connectivity index (χ2n) is 5.41. The smallest absolute Gasteiger partial charge is 0.119 e. The first-order chi connectivity index (χ1) is 7.66. The number of rotatable bonds is 0. The van der Waals surface area contributed by atoms with Crippen LogP contribution >= 0.6 is 0 Å². The summed E-state index contributed by atoms with van der Waals surface area (Å²) in [5.41, 5.74) is 2.40. The van der Waals surface area contributed by atoms with Crippen molar-refractivity contribution in [3.63, 3.8) is 0 Å². The van der Waals surface area contributed by atoms with E-state index in [0.29, 0.717) is 23.5 Å². The molecular formula is C14H18O2. The molecule has 4 unspecified atom stereocenters. The molecule has 1 aromatic carbocycles. The van der Waals surface area contributed by atoms with Crippen molar-refractivity contribution in [3.8, 4) is 5.75 Å². The third kappa shape index (κ3) is 1.36. The van der Waals surface area contributed by atoms with E-state index >= 15 is 0 Å². The summed E-state index contributed by atoms with van der Waals surface area (Å²) >= 11 is 0. The summed E-state index contributed by atoms with van der Waals surface area (Å²) in [6.45, 7) is 2.16. The van der Waals surface area contributed by atoms with Crippen LogP contribution in [0.15, 0.2) is 18.2 Å². The van der Waals surface area contributed by atoms with Crippen molar-refractivity contribution < 1.29 is 10.2 Å². The fourth-order valence-corrected chi connectivity index (χ4v) is 3.57. The normalized spacial score (nSPS) is 36.9. The molecule has 0 aromatic heterocycles. The molecule has 0 amide bonds. The molecule has 0 spiro atoms. The van der Waals surface area contributed by atoms with Gasteiger partial charge in [-0.15, -0.1) is 0 Å². The lowest BCUT2D eigenvalue weighted by molar-refractivity contribution is 0.127. The highest BCUT2D eigenvalue weighted by molar-refractivity contribution is 5.41. The van der Waals surface area contributed by atoms with Gasteiger partial charge in [0.25, 0.3) is 0 Å². The topological polar surface area (TPSA) is 40.5 Å². The second kappa shape index (κ2) is 3.49. The van der Waals surface area contributed by atoms with Crippen molar-refractivity contribution in [1.29, 1.82) is 0 Å². The van der Waals surface area contributed by atoms with Crippen LogP contribution in [0.1, 0.15) is 24.5 Å². The van der Waals surface area contributed by atoms with E-state index in [9.17, 15) is 10.2 Å². The first-order valence-corrected chi connectivity index (χ1v) is 6.14. The van der Waals surface area contributed by atoms with Gasteiger partial charge in [0.1, 0.15) is 5.75 Å². The zero-order valence-corrected chi connectivity index (χ0v) is 9.56. The fraction of sp³-hybridized carbons (Fsp3) is 0.571. The highest BCUT2D eigenvalue weighted by Gasteiger charge is 2.42. The van der Waals surface area contributed by atoms with E-state index in [0.717, 1.165) is 24.8 Å². The standard InChI is InChI=1S/C14H18O2/c1-8-11-5-9-3-2-4-13(15)12(9)6-10(11)7-14(8)16/h2-4,8,10-11,14-16H,5-7H2,1H3. The molecule has 0 saturated heterocycles. The molecule has 2 aliphatic carbocycles. The molecule has 86 valence electrons. The molecule has 4 atom stereocenters. The molecule has 2 heteroatoms. The average Bonchev–Trinajstić information content (AvgIpc) is 2.54. The van der Waals surface area contributed by atoms with Crippen molar-refractivity contribution in [3.05, 3.63) is 29.3 Å². The molecule has 2 N–H and O–H groups in total. The van der Waals surface area contributed by atoms with Gasteiger partial charge in [-0.25, -0.2) is 0 Å². The lowest BCUT2D eigenvalue weighted by Crippen LogP contribution is -2.25. The van der Waals surface area contributed by atoms with Gasteiger partial charge in [0.2, 0.25) is 0 Å². The molecule has 3 rings (SSSR count). The van der Waals surface area contributed by atoms with Gasteiger partial charge in [-0.1, -0.05) is 19.1 Å². The van der Waals surface area contributed by atoms with Crippen molar-refractivity contribution >= 4 is 0 Å². The number of benzene rings is 1. The Labute approximate surface area is 95.9 Å². The lowest BCUT2D eigenvalue weighted by atomic mass is 9.75. The Bertz CT molecular complexity index is 413. The SMILES string of the molecule is CC1C(O)CC2Cc3c(O)cccc3CC21. The number of hydrogen-bond acceptors (Lipinski definition) is 2. The molecular weight excluding hydrogens is 200 g/mol. The number of aromatic hydroxyl groups is 1. The van der Waals surface area contributed by atoms with Gasteiger partial charge >= 0.3 is 0 Å². The minimum Gasteiger partial charge on any atom is -0.508 e. The third-order valence-corrected chi connectivity index (χ3v) is 4.60. The van der Waals surface area contributed by atoms with E-state index in [1.807, 2.05) is 6.07 Å². The number of aliphatic hydroxyl groups excluding tert-OH is 1. The summed E-state index contributed by atoms with van der Waals surface area (Å²) in [6.07, 6.45) is 2.71. The Kier molecular flexibility index (Phi) is 2.21. The van der Waals surface area contributed by atoms with E-state index < -0.39 is 0 Å². The van der Waals surface area contributed by atoms with Gasteiger partial charge in [-0.05, 0) is 54.2 Å². The molecule has 16 heavy (non-hydrogen) atoms. The molecule has 1 saturated carbocycles. The van der Waals surface area contributed by atoms with Gasteiger partial charge in [-0.3, -0.25) is 0 Å². The van der Waals surface area contributed by atoms with Gasteiger partial charge in [0, 0.05) is 0 Å². The van der Waals surface area contributed by atoms with Crippen molar-refractivity contribution in [2.75, 3.05) is 0 Å². The summed E-state index contributed by atoms with van der Waals surface area (Å²) in [6, 6.07) is 5.81. The molecule has 2 aliphatic rings. The third-order valence-electron chi connectivity index (χ3n) is 4.60. The van der Waals surface area contributed by atoms with Crippen LogP contribution in [0, 0.1) is 17.8 Å². The summed E-state index contributed by atoms with van der Waals surface area (Å²) in [4.78, 5) is 0. The first-order valence-electron chi connectivity index (χ1n) is 6.14. The van der Waals surface area contributed by atoms with Gasteiger partial charge in [0.05, 0.1) is 6.10 Å². The molecule has 2 nitrogen and oxygen atoms in total. The fourth-order valence-electron chi connectivity index (χ4n) is 3.57.